The summed E-state index contributed by atoms with van der Waals surface area (Å²) in [5.41, 5.74) is 6.05. The molecule has 1 heterocycles. The molecule has 5 nitrogen and oxygen atoms in total. The summed E-state index contributed by atoms with van der Waals surface area (Å²) in [5, 5.41) is 3.41. The van der Waals surface area contributed by atoms with Crippen LogP contribution in [-0.4, -0.2) is 34.9 Å². The Labute approximate surface area is 112 Å². The lowest BCUT2D eigenvalue weighted by Gasteiger charge is -2.24. The van der Waals surface area contributed by atoms with Crippen LogP contribution >= 0.6 is 11.6 Å². The van der Waals surface area contributed by atoms with Gasteiger partial charge in [-0.25, -0.2) is 4.98 Å². The van der Waals surface area contributed by atoms with Crippen molar-refractivity contribution in [2.45, 2.75) is 26.8 Å². The van der Waals surface area contributed by atoms with Gasteiger partial charge in [-0.2, -0.15) is 0 Å². The molecule has 1 amide bonds. The topological polar surface area (TPSA) is 71.2 Å². The molecule has 18 heavy (non-hydrogen) atoms. The second kappa shape index (κ2) is 6.44. The summed E-state index contributed by atoms with van der Waals surface area (Å²) >= 11 is 6.00. The zero-order valence-electron chi connectivity index (χ0n) is 10.9. The van der Waals surface area contributed by atoms with Crippen LogP contribution in [0.5, 0.6) is 0 Å². The average Bonchev–Trinajstić information content (AvgIpc) is 2.34. The fraction of sp³-hybridized carbons (Fsp3) is 0.500. The number of nitrogen functional groups attached to an aromatic ring is 1. The van der Waals surface area contributed by atoms with Gasteiger partial charge in [0.1, 0.15) is 11.9 Å². The number of amides is 1. The number of pyridine rings is 1. The third-order valence-electron chi connectivity index (χ3n) is 2.66. The Kier molecular flexibility index (Phi) is 5.22. The third-order valence-corrected chi connectivity index (χ3v) is 2.95. The largest absolute Gasteiger partial charge is 0.397 e. The number of halogens is 1. The SMILES string of the molecule is CCN(CC)C(=O)C(C)Nc1ncc(N)cc1Cl. The lowest BCUT2D eigenvalue weighted by molar-refractivity contribution is -0.131. The highest BCUT2D eigenvalue weighted by molar-refractivity contribution is 6.33. The molecule has 1 rings (SSSR count). The van der Waals surface area contributed by atoms with Gasteiger partial charge in [-0.05, 0) is 26.8 Å². The predicted molar refractivity (Wildman–Crippen MR) is 74.7 cm³/mol. The molecule has 1 unspecified atom stereocenters. The molecule has 100 valence electrons. The first-order valence-electron chi connectivity index (χ1n) is 5.95. The summed E-state index contributed by atoms with van der Waals surface area (Å²) in [6, 6.07) is 1.23. The summed E-state index contributed by atoms with van der Waals surface area (Å²) in [7, 11) is 0. The zero-order valence-corrected chi connectivity index (χ0v) is 11.7. The molecule has 0 aromatic carbocycles. The predicted octanol–water partition coefficient (Wildman–Crippen LogP) is 1.99. The van der Waals surface area contributed by atoms with Gasteiger partial charge in [-0.3, -0.25) is 4.79 Å². The molecule has 0 aliphatic heterocycles. The van der Waals surface area contributed by atoms with Crippen molar-refractivity contribution < 1.29 is 4.79 Å². The molecule has 0 bridgehead atoms. The van der Waals surface area contributed by atoms with Crippen LogP contribution in [0.15, 0.2) is 12.3 Å². The van der Waals surface area contributed by atoms with Crippen LogP contribution in [0.3, 0.4) is 0 Å². The van der Waals surface area contributed by atoms with Gasteiger partial charge >= 0.3 is 0 Å². The highest BCUT2D eigenvalue weighted by Gasteiger charge is 2.19. The van der Waals surface area contributed by atoms with E-state index in [0.717, 1.165) is 0 Å². The number of hydrogen-bond donors (Lipinski definition) is 2. The standard InChI is InChI=1S/C12H19ClN4O/c1-4-17(5-2)12(18)8(3)16-11-10(13)6-9(14)7-15-11/h6-8H,4-5,14H2,1-3H3,(H,15,16). The van der Waals surface area contributed by atoms with Gasteiger partial charge in [0.15, 0.2) is 0 Å². The van der Waals surface area contributed by atoms with Crippen LogP contribution in [0.4, 0.5) is 11.5 Å². The second-order valence-corrected chi connectivity index (χ2v) is 4.38. The van der Waals surface area contributed by atoms with E-state index in [4.69, 9.17) is 17.3 Å². The van der Waals surface area contributed by atoms with Crippen molar-refractivity contribution in [2.24, 2.45) is 0 Å². The van der Waals surface area contributed by atoms with Gasteiger partial charge in [0.25, 0.3) is 0 Å². The molecule has 6 heteroatoms. The summed E-state index contributed by atoms with van der Waals surface area (Å²) in [6.07, 6.45) is 1.50. The van der Waals surface area contributed by atoms with E-state index in [1.807, 2.05) is 13.8 Å². The van der Waals surface area contributed by atoms with E-state index in [1.54, 1.807) is 17.9 Å². The number of nitrogens with two attached hydrogens (primary N) is 1. The number of nitrogens with one attached hydrogen (secondary N) is 1. The Balaban J connectivity index is 2.75. The average molecular weight is 271 g/mol. The Morgan fingerprint density at radius 3 is 2.67 bits per heavy atom. The van der Waals surface area contributed by atoms with E-state index in [0.29, 0.717) is 29.6 Å². The molecule has 0 aliphatic rings. The highest BCUT2D eigenvalue weighted by atomic mass is 35.5. The number of carbonyl (C=O) groups excluding carboxylic acids is 1. The summed E-state index contributed by atoms with van der Waals surface area (Å²) in [4.78, 5) is 17.9. The second-order valence-electron chi connectivity index (χ2n) is 3.98. The van der Waals surface area contributed by atoms with Gasteiger partial charge in [0.2, 0.25) is 5.91 Å². The van der Waals surface area contributed by atoms with Crippen molar-refractivity contribution >= 4 is 29.0 Å². The number of likely N-dealkylation sites (N-methyl/N-ethyl adjacent to an activating group) is 1. The molecule has 1 aromatic rings. The van der Waals surface area contributed by atoms with Gasteiger partial charge in [0, 0.05) is 13.1 Å². The fourth-order valence-corrected chi connectivity index (χ4v) is 1.86. The number of anilines is 2. The summed E-state index contributed by atoms with van der Waals surface area (Å²) in [5.74, 6) is 0.494. The van der Waals surface area contributed by atoms with Crippen LogP contribution in [-0.2, 0) is 4.79 Å². The number of nitrogens with zero attached hydrogens (tertiary/aromatic N) is 2. The van der Waals surface area contributed by atoms with E-state index in [-0.39, 0.29) is 11.9 Å². The first-order valence-corrected chi connectivity index (χ1v) is 6.33. The molecule has 0 aliphatic carbocycles. The first-order chi connectivity index (χ1) is 8.49. The zero-order chi connectivity index (χ0) is 13.7. The monoisotopic (exact) mass is 270 g/mol. The minimum atomic E-state index is -0.376. The molecular weight excluding hydrogens is 252 g/mol. The first kappa shape index (κ1) is 14.6. The molecule has 3 N–H and O–H groups in total. The highest BCUT2D eigenvalue weighted by Crippen LogP contribution is 2.21. The van der Waals surface area contributed by atoms with E-state index < -0.39 is 0 Å². The Morgan fingerprint density at radius 2 is 2.17 bits per heavy atom. The molecule has 0 spiro atoms. The van der Waals surface area contributed by atoms with Gasteiger partial charge in [0.05, 0.1) is 16.9 Å². The van der Waals surface area contributed by atoms with E-state index in [2.05, 4.69) is 10.3 Å². The molecule has 0 saturated heterocycles. The smallest absolute Gasteiger partial charge is 0.244 e. The minimum absolute atomic E-state index is 0.0229. The molecule has 1 atom stereocenters. The van der Waals surface area contributed by atoms with Crippen molar-refractivity contribution in [3.05, 3.63) is 17.3 Å². The van der Waals surface area contributed by atoms with Crippen LogP contribution in [0.2, 0.25) is 5.02 Å². The van der Waals surface area contributed by atoms with Crippen LogP contribution < -0.4 is 11.1 Å². The van der Waals surface area contributed by atoms with Crippen molar-refractivity contribution in [1.29, 1.82) is 0 Å². The molecule has 0 saturated carbocycles. The quantitative estimate of drug-likeness (QED) is 0.858. The molecule has 0 radical (unpaired) electrons. The van der Waals surface area contributed by atoms with Crippen molar-refractivity contribution in [1.82, 2.24) is 9.88 Å². The van der Waals surface area contributed by atoms with E-state index >= 15 is 0 Å². The van der Waals surface area contributed by atoms with Crippen LogP contribution in [0.1, 0.15) is 20.8 Å². The van der Waals surface area contributed by atoms with Gasteiger partial charge in [-0.15, -0.1) is 0 Å². The normalized spacial score (nSPS) is 12.0. The maximum atomic E-state index is 12.1. The van der Waals surface area contributed by atoms with E-state index in [1.165, 1.54) is 6.20 Å². The number of carbonyl (C=O) groups is 1. The lowest BCUT2D eigenvalue weighted by atomic mass is 10.2. The number of aromatic nitrogens is 1. The maximum absolute atomic E-state index is 12.1. The number of rotatable bonds is 5. The summed E-state index contributed by atoms with van der Waals surface area (Å²) < 4.78 is 0. The Morgan fingerprint density at radius 1 is 1.56 bits per heavy atom. The van der Waals surface area contributed by atoms with E-state index in [9.17, 15) is 4.79 Å². The molecular formula is C12H19ClN4O. The Bertz CT molecular complexity index is 421. The summed E-state index contributed by atoms with van der Waals surface area (Å²) in [6.45, 7) is 7.05. The Hall–Kier alpha value is -1.49. The fourth-order valence-electron chi connectivity index (χ4n) is 1.63. The molecule has 0 fully saturated rings. The van der Waals surface area contributed by atoms with Crippen LogP contribution in [0.25, 0.3) is 0 Å². The lowest BCUT2D eigenvalue weighted by Crippen LogP contribution is -2.41. The van der Waals surface area contributed by atoms with Crippen molar-refractivity contribution in [3.63, 3.8) is 0 Å². The number of hydrogen-bond acceptors (Lipinski definition) is 4. The third kappa shape index (κ3) is 3.50. The molecule has 1 aromatic heterocycles. The minimum Gasteiger partial charge on any atom is -0.397 e. The van der Waals surface area contributed by atoms with Crippen LogP contribution in [0, 0.1) is 0 Å². The van der Waals surface area contributed by atoms with Crippen molar-refractivity contribution in [2.75, 3.05) is 24.1 Å². The van der Waals surface area contributed by atoms with Gasteiger partial charge < -0.3 is 16.0 Å². The van der Waals surface area contributed by atoms with Crippen molar-refractivity contribution in [3.8, 4) is 0 Å². The van der Waals surface area contributed by atoms with Gasteiger partial charge in [-0.1, -0.05) is 11.6 Å². The maximum Gasteiger partial charge on any atom is 0.244 e.